The second kappa shape index (κ2) is 4.75. The summed E-state index contributed by atoms with van der Waals surface area (Å²) in [5.74, 6) is -1.01. The second-order valence-corrected chi connectivity index (χ2v) is 5.23. The molecule has 0 heterocycles. The van der Waals surface area contributed by atoms with E-state index in [0.29, 0.717) is 6.42 Å². The smallest absolute Gasteiger partial charge is 0.311 e. The number of hydrogen-bond donors (Lipinski definition) is 1. The lowest BCUT2D eigenvalue weighted by Crippen LogP contribution is -2.27. The Kier molecular flexibility index (Phi) is 4.54. The predicted molar refractivity (Wildman–Crippen MR) is 51.4 cm³/mol. The van der Waals surface area contributed by atoms with Gasteiger partial charge in [-0.25, -0.2) is 0 Å². The average Bonchev–Trinajstić information content (AvgIpc) is 2.02. The van der Waals surface area contributed by atoms with Gasteiger partial charge in [-0.3, -0.25) is 9.35 Å². The first-order valence-corrected chi connectivity index (χ1v) is 5.92. The van der Waals surface area contributed by atoms with Crippen molar-refractivity contribution in [1.29, 1.82) is 0 Å². The van der Waals surface area contributed by atoms with Gasteiger partial charge >= 0.3 is 5.97 Å². The van der Waals surface area contributed by atoms with Gasteiger partial charge in [-0.1, -0.05) is 6.92 Å². The number of carbonyl (C=O) groups excluding carboxylic acids is 1. The highest BCUT2D eigenvalue weighted by Gasteiger charge is 2.27. The molecule has 0 atom stereocenters. The fraction of sp³-hybridized carbons (Fsp3) is 0.875. The van der Waals surface area contributed by atoms with E-state index in [9.17, 15) is 13.2 Å². The van der Waals surface area contributed by atoms with Gasteiger partial charge in [0, 0.05) is 0 Å². The molecule has 0 amide bonds. The summed E-state index contributed by atoms with van der Waals surface area (Å²) in [7, 11) is -4.05. The van der Waals surface area contributed by atoms with Crippen molar-refractivity contribution in [1.82, 2.24) is 0 Å². The first-order valence-electron chi connectivity index (χ1n) is 4.31. The lowest BCUT2D eigenvalue weighted by Gasteiger charge is -2.19. The molecule has 14 heavy (non-hydrogen) atoms. The molecule has 1 N–H and O–H groups in total. The van der Waals surface area contributed by atoms with Crippen LogP contribution in [0.5, 0.6) is 0 Å². The van der Waals surface area contributed by atoms with Gasteiger partial charge in [0.05, 0.1) is 5.41 Å². The van der Waals surface area contributed by atoms with E-state index in [4.69, 9.17) is 9.29 Å². The summed E-state index contributed by atoms with van der Waals surface area (Å²) in [6.07, 6.45) is 0.609. The van der Waals surface area contributed by atoms with Crippen molar-refractivity contribution in [3.63, 3.8) is 0 Å². The van der Waals surface area contributed by atoms with E-state index in [-0.39, 0.29) is 6.61 Å². The molecule has 0 rings (SSSR count). The standard InChI is InChI=1S/C8H16O5S/c1-4-8(2,3)7(9)13-5-6-14(10,11)12/h4-6H2,1-3H3,(H,10,11,12). The predicted octanol–water partition coefficient (Wildman–Crippen LogP) is 0.854. The van der Waals surface area contributed by atoms with E-state index in [1.807, 2.05) is 6.92 Å². The minimum Gasteiger partial charge on any atom is -0.464 e. The van der Waals surface area contributed by atoms with Crippen LogP contribution in [-0.2, 0) is 19.6 Å². The van der Waals surface area contributed by atoms with Gasteiger partial charge in [0.1, 0.15) is 12.4 Å². The Morgan fingerprint density at radius 1 is 1.43 bits per heavy atom. The molecule has 0 aromatic rings. The van der Waals surface area contributed by atoms with Gasteiger partial charge in [0.2, 0.25) is 0 Å². The van der Waals surface area contributed by atoms with Crippen LogP contribution in [0.4, 0.5) is 0 Å². The second-order valence-electron chi connectivity index (χ2n) is 3.66. The van der Waals surface area contributed by atoms with Crippen molar-refractivity contribution in [2.24, 2.45) is 5.41 Å². The maximum Gasteiger partial charge on any atom is 0.311 e. The van der Waals surface area contributed by atoms with Crippen LogP contribution < -0.4 is 0 Å². The summed E-state index contributed by atoms with van der Waals surface area (Å²) < 4.78 is 33.7. The summed E-state index contributed by atoms with van der Waals surface area (Å²) in [5.41, 5.74) is -0.612. The van der Waals surface area contributed by atoms with Crippen molar-refractivity contribution in [3.8, 4) is 0 Å². The molecule has 0 saturated carbocycles. The lowest BCUT2D eigenvalue weighted by molar-refractivity contribution is -0.153. The third kappa shape index (κ3) is 5.18. The minimum absolute atomic E-state index is 0.304. The normalized spacial score (nSPS) is 12.6. The van der Waals surface area contributed by atoms with Crippen LogP contribution in [0.15, 0.2) is 0 Å². The van der Waals surface area contributed by atoms with Crippen molar-refractivity contribution < 1.29 is 22.5 Å². The van der Waals surface area contributed by atoms with Crippen molar-refractivity contribution in [3.05, 3.63) is 0 Å². The number of esters is 1. The molecular weight excluding hydrogens is 208 g/mol. The lowest BCUT2D eigenvalue weighted by atomic mass is 9.91. The first kappa shape index (κ1) is 13.4. The van der Waals surface area contributed by atoms with Crippen LogP contribution in [0.2, 0.25) is 0 Å². The molecule has 6 heteroatoms. The summed E-state index contributed by atoms with van der Waals surface area (Å²) in [6.45, 7) is 4.96. The Morgan fingerprint density at radius 2 is 1.93 bits per heavy atom. The van der Waals surface area contributed by atoms with Crippen LogP contribution in [0, 0.1) is 5.41 Å². The molecule has 0 saturated heterocycles. The minimum atomic E-state index is -4.05. The zero-order valence-corrected chi connectivity index (χ0v) is 9.43. The highest BCUT2D eigenvalue weighted by Crippen LogP contribution is 2.21. The largest absolute Gasteiger partial charge is 0.464 e. The monoisotopic (exact) mass is 224 g/mol. The number of ether oxygens (including phenoxy) is 1. The van der Waals surface area contributed by atoms with E-state index in [2.05, 4.69) is 0 Å². The first-order chi connectivity index (χ1) is 6.19. The van der Waals surface area contributed by atoms with Gasteiger partial charge in [-0.05, 0) is 20.3 Å². The van der Waals surface area contributed by atoms with E-state index >= 15 is 0 Å². The molecule has 0 aliphatic heterocycles. The molecule has 0 aliphatic rings. The Bertz CT molecular complexity index is 291. The number of carbonyl (C=O) groups is 1. The molecule has 0 unspecified atom stereocenters. The molecule has 0 aromatic heterocycles. The molecule has 84 valence electrons. The van der Waals surface area contributed by atoms with Gasteiger partial charge in [-0.15, -0.1) is 0 Å². The van der Waals surface area contributed by atoms with E-state index in [1.165, 1.54) is 0 Å². The highest BCUT2D eigenvalue weighted by molar-refractivity contribution is 7.85. The highest BCUT2D eigenvalue weighted by atomic mass is 32.2. The maximum atomic E-state index is 11.3. The quantitative estimate of drug-likeness (QED) is 0.553. The molecule has 0 spiro atoms. The van der Waals surface area contributed by atoms with Crippen LogP contribution >= 0.6 is 0 Å². The number of rotatable bonds is 5. The van der Waals surface area contributed by atoms with Crippen LogP contribution in [0.25, 0.3) is 0 Å². The molecule has 0 fully saturated rings. The molecule has 0 bridgehead atoms. The van der Waals surface area contributed by atoms with Gasteiger partial charge in [0.25, 0.3) is 10.1 Å². The third-order valence-electron chi connectivity index (χ3n) is 2.01. The maximum absolute atomic E-state index is 11.3. The van der Waals surface area contributed by atoms with Crippen molar-refractivity contribution >= 4 is 16.1 Å². The van der Waals surface area contributed by atoms with Gasteiger partial charge in [-0.2, -0.15) is 8.42 Å². The molecule has 0 aromatic carbocycles. The Labute approximate surface area is 84.2 Å². The van der Waals surface area contributed by atoms with Gasteiger partial charge < -0.3 is 4.74 Å². The SMILES string of the molecule is CCC(C)(C)C(=O)OCCS(=O)(=O)O. The third-order valence-corrected chi connectivity index (χ3v) is 2.69. The van der Waals surface area contributed by atoms with Crippen LogP contribution in [-0.4, -0.2) is 31.3 Å². The van der Waals surface area contributed by atoms with Crippen LogP contribution in [0.3, 0.4) is 0 Å². The summed E-state index contributed by atoms with van der Waals surface area (Å²) >= 11 is 0. The zero-order valence-electron chi connectivity index (χ0n) is 8.61. The fourth-order valence-corrected chi connectivity index (χ4v) is 0.873. The number of hydrogen-bond acceptors (Lipinski definition) is 4. The van der Waals surface area contributed by atoms with Crippen molar-refractivity contribution in [2.45, 2.75) is 27.2 Å². The topological polar surface area (TPSA) is 80.7 Å². The van der Waals surface area contributed by atoms with E-state index in [1.54, 1.807) is 13.8 Å². The summed E-state index contributed by atoms with van der Waals surface area (Å²) in [4.78, 5) is 11.3. The average molecular weight is 224 g/mol. The van der Waals surface area contributed by atoms with Crippen molar-refractivity contribution in [2.75, 3.05) is 12.4 Å². The molecule has 0 aliphatic carbocycles. The van der Waals surface area contributed by atoms with E-state index in [0.717, 1.165) is 0 Å². The molecular formula is C8H16O5S. The molecule has 0 radical (unpaired) electrons. The van der Waals surface area contributed by atoms with Gasteiger partial charge in [0.15, 0.2) is 0 Å². The Balaban J connectivity index is 3.99. The Morgan fingerprint density at radius 3 is 2.29 bits per heavy atom. The molecule has 5 nitrogen and oxygen atoms in total. The fourth-order valence-electron chi connectivity index (χ4n) is 0.579. The summed E-state index contributed by atoms with van der Waals surface area (Å²) in [6, 6.07) is 0. The van der Waals surface area contributed by atoms with Crippen LogP contribution in [0.1, 0.15) is 27.2 Å². The zero-order chi connectivity index (χ0) is 11.4. The Hall–Kier alpha value is -0.620. The summed E-state index contributed by atoms with van der Waals surface area (Å²) in [5, 5.41) is 0. The van der Waals surface area contributed by atoms with E-state index < -0.39 is 27.3 Å².